The molecular formula is C20H36ClN. The molecule has 0 saturated carbocycles. The molecule has 0 atom stereocenters. The van der Waals surface area contributed by atoms with Crippen LogP contribution in [0.3, 0.4) is 0 Å². The lowest BCUT2D eigenvalue weighted by molar-refractivity contribution is 0.319. The zero-order valence-electron chi connectivity index (χ0n) is 14.7. The van der Waals surface area contributed by atoms with Gasteiger partial charge >= 0.3 is 0 Å². The Bertz CT molecular complexity index is 326. The highest BCUT2D eigenvalue weighted by molar-refractivity contribution is 5.85. The molecule has 1 aromatic carbocycles. The molecular weight excluding hydrogens is 290 g/mol. The molecule has 0 saturated heterocycles. The van der Waals surface area contributed by atoms with Crippen molar-refractivity contribution in [2.75, 3.05) is 20.1 Å². The Balaban J connectivity index is 0.00000441. The van der Waals surface area contributed by atoms with Crippen LogP contribution in [0.2, 0.25) is 0 Å². The summed E-state index contributed by atoms with van der Waals surface area (Å²) in [6, 6.07) is 10.8. The van der Waals surface area contributed by atoms with Gasteiger partial charge in [0.1, 0.15) is 0 Å². The summed E-state index contributed by atoms with van der Waals surface area (Å²) in [7, 11) is 2.27. The zero-order valence-corrected chi connectivity index (χ0v) is 15.5. The minimum atomic E-state index is 0. The maximum absolute atomic E-state index is 2.50. The summed E-state index contributed by atoms with van der Waals surface area (Å²) in [5, 5.41) is 0. The van der Waals surface area contributed by atoms with Crippen molar-refractivity contribution in [3.05, 3.63) is 35.9 Å². The zero-order chi connectivity index (χ0) is 15.2. The molecule has 1 nitrogen and oxygen atoms in total. The van der Waals surface area contributed by atoms with Gasteiger partial charge in [0.15, 0.2) is 0 Å². The lowest BCUT2D eigenvalue weighted by atomic mass is 10.1. The fraction of sp³-hybridized carbons (Fsp3) is 0.700. The first-order chi connectivity index (χ1) is 10.3. The molecule has 0 aromatic heterocycles. The summed E-state index contributed by atoms with van der Waals surface area (Å²) >= 11 is 0. The van der Waals surface area contributed by atoms with E-state index in [1.807, 2.05) is 0 Å². The molecule has 0 aliphatic rings. The topological polar surface area (TPSA) is 3.24 Å². The van der Waals surface area contributed by atoms with E-state index in [4.69, 9.17) is 0 Å². The van der Waals surface area contributed by atoms with Crippen molar-refractivity contribution in [3.63, 3.8) is 0 Å². The van der Waals surface area contributed by atoms with Gasteiger partial charge < -0.3 is 4.90 Å². The van der Waals surface area contributed by atoms with Gasteiger partial charge in [-0.1, -0.05) is 82.2 Å². The molecule has 0 aliphatic heterocycles. The molecule has 128 valence electrons. The summed E-state index contributed by atoms with van der Waals surface area (Å²) in [5.41, 5.74) is 1.47. The first-order valence-electron chi connectivity index (χ1n) is 9.05. The van der Waals surface area contributed by atoms with E-state index in [1.165, 1.54) is 82.9 Å². The Morgan fingerprint density at radius 3 is 1.91 bits per heavy atom. The predicted molar refractivity (Wildman–Crippen MR) is 102 cm³/mol. The SMILES string of the molecule is CCCCCCCCCCN(C)CCCc1ccccc1.Cl. The summed E-state index contributed by atoms with van der Waals surface area (Å²) in [5.74, 6) is 0. The number of unbranched alkanes of at least 4 members (excludes halogenated alkanes) is 7. The summed E-state index contributed by atoms with van der Waals surface area (Å²) in [4.78, 5) is 2.50. The number of rotatable bonds is 13. The van der Waals surface area contributed by atoms with Gasteiger partial charge in [-0.3, -0.25) is 0 Å². The minimum absolute atomic E-state index is 0. The molecule has 1 aromatic rings. The molecule has 0 heterocycles. The average Bonchev–Trinajstić information content (AvgIpc) is 2.51. The quantitative estimate of drug-likeness (QED) is 0.395. The molecule has 0 fully saturated rings. The summed E-state index contributed by atoms with van der Waals surface area (Å²) in [6.45, 7) is 4.78. The Morgan fingerprint density at radius 2 is 1.27 bits per heavy atom. The molecule has 2 heteroatoms. The van der Waals surface area contributed by atoms with E-state index in [2.05, 4.69) is 49.2 Å². The van der Waals surface area contributed by atoms with Gasteiger partial charge in [-0.25, -0.2) is 0 Å². The second-order valence-corrected chi connectivity index (χ2v) is 6.37. The highest BCUT2D eigenvalue weighted by Crippen LogP contribution is 2.09. The maximum Gasteiger partial charge on any atom is -0.00186 e. The molecule has 0 unspecified atom stereocenters. The molecule has 0 amide bonds. The van der Waals surface area contributed by atoms with Crippen molar-refractivity contribution >= 4 is 12.4 Å². The highest BCUT2D eigenvalue weighted by atomic mass is 35.5. The summed E-state index contributed by atoms with van der Waals surface area (Å²) < 4.78 is 0. The van der Waals surface area contributed by atoms with E-state index in [9.17, 15) is 0 Å². The Labute approximate surface area is 144 Å². The molecule has 22 heavy (non-hydrogen) atoms. The second-order valence-electron chi connectivity index (χ2n) is 6.37. The molecule has 0 spiro atoms. The smallest absolute Gasteiger partial charge is 0.00186 e. The lowest BCUT2D eigenvalue weighted by Gasteiger charge is -2.16. The van der Waals surface area contributed by atoms with E-state index in [1.54, 1.807) is 0 Å². The van der Waals surface area contributed by atoms with E-state index < -0.39 is 0 Å². The fourth-order valence-electron chi connectivity index (χ4n) is 2.83. The average molecular weight is 326 g/mol. The second kappa shape index (κ2) is 15.4. The highest BCUT2D eigenvalue weighted by Gasteiger charge is 1.99. The van der Waals surface area contributed by atoms with Crippen molar-refractivity contribution in [2.24, 2.45) is 0 Å². The van der Waals surface area contributed by atoms with Crippen LogP contribution in [0.5, 0.6) is 0 Å². The van der Waals surface area contributed by atoms with E-state index in [0.717, 1.165) is 0 Å². The monoisotopic (exact) mass is 325 g/mol. The Hall–Kier alpha value is -0.530. The van der Waals surface area contributed by atoms with Crippen LogP contribution in [0.4, 0.5) is 0 Å². The van der Waals surface area contributed by atoms with Crippen LogP contribution in [-0.4, -0.2) is 25.0 Å². The number of halogens is 1. The van der Waals surface area contributed by atoms with Gasteiger partial charge in [0.2, 0.25) is 0 Å². The first kappa shape index (κ1) is 21.5. The lowest BCUT2D eigenvalue weighted by Crippen LogP contribution is -2.21. The van der Waals surface area contributed by atoms with Crippen molar-refractivity contribution in [2.45, 2.75) is 71.1 Å². The third-order valence-corrected chi connectivity index (χ3v) is 4.24. The van der Waals surface area contributed by atoms with Crippen molar-refractivity contribution in [1.29, 1.82) is 0 Å². The van der Waals surface area contributed by atoms with Crippen LogP contribution in [0.15, 0.2) is 30.3 Å². The standard InChI is InChI=1S/C20H35N.ClH/c1-3-4-5-6-7-8-9-13-18-21(2)19-14-17-20-15-11-10-12-16-20;/h10-12,15-16H,3-9,13-14,17-19H2,1-2H3;1H. The Morgan fingerprint density at radius 1 is 0.727 bits per heavy atom. The van der Waals surface area contributed by atoms with Crippen LogP contribution in [0.25, 0.3) is 0 Å². The molecule has 0 bridgehead atoms. The van der Waals surface area contributed by atoms with E-state index >= 15 is 0 Å². The van der Waals surface area contributed by atoms with Crippen LogP contribution in [0.1, 0.15) is 70.3 Å². The van der Waals surface area contributed by atoms with Gasteiger partial charge in [-0.2, -0.15) is 0 Å². The third-order valence-electron chi connectivity index (χ3n) is 4.24. The van der Waals surface area contributed by atoms with E-state index in [0.29, 0.717) is 0 Å². The molecule has 0 aliphatic carbocycles. The molecule has 0 radical (unpaired) electrons. The van der Waals surface area contributed by atoms with E-state index in [-0.39, 0.29) is 12.4 Å². The van der Waals surface area contributed by atoms with Gasteiger partial charge in [0.25, 0.3) is 0 Å². The fourth-order valence-corrected chi connectivity index (χ4v) is 2.83. The van der Waals surface area contributed by atoms with Crippen LogP contribution in [-0.2, 0) is 6.42 Å². The maximum atomic E-state index is 2.50. The van der Waals surface area contributed by atoms with Gasteiger partial charge in [-0.05, 0) is 45.0 Å². The van der Waals surface area contributed by atoms with Crippen LogP contribution < -0.4 is 0 Å². The van der Waals surface area contributed by atoms with Gasteiger partial charge in [0, 0.05) is 0 Å². The van der Waals surface area contributed by atoms with Crippen molar-refractivity contribution in [1.82, 2.24) is 4.90 Å². The third kappa shape index (κ3) is 12.1. The Kier molecular flexibility index (Phi) is 15.0. The first-order valence-corrected chi connectivity index (χ1v) is 9.05. The largest absolute Gasteiger partial charge is 0.306 e. The minimum Gasteiger partial charge on any atom is -0.306 e. The number of hydrogen-bond acceptors (Lipinski definition) is 1. The summed E-state index contributed by atoms with van der Waals surface area (Å²) in [6.07, 6.45) is 13.8. The van der Waals surface area contributed by atoms with Crippen LogP contribution >= 0.6 is 12.4 Å². The van der Waals surface area contributed by atoms with Crippen LogP contribution in [0, 0.1) is 0 Å². The number of benzene rings is 1. The molecule has 0 N–H and O–H groups in total. The van der Waals surface area contributed by atoms with Crippen molar-refractivity contribution in [3.8, 4) is 0 Å². The van der Waals surface area contributed by atoms with Gasteiger partial charge in [-0.15, -0.1) is 12.4 Å². The predicted octanol–water partition coefficient (Wildman–Crippen LogP) is 6.11. The number of hydrogen-bond donors (Lipinski definition) is 0. The normalized spacial score (nSPS) is 10.7. The van der Waals surface area contributed by atoms with Gasteiger partial charge in [0.05, 0.1) is 0 Å². The number of nitrogens with zero attached hydrogens (tertiary/aromatic N) is 1. The molecule has 1 rings (SSSR count). The van der Waals surface area contributed by atoms with Crippen molar-refractivity contribution < 1.29 is 0 Å². The number of aryl methyl sites for hydroxylation is 1.